The van der Waals surface area contributed by atoms with Crippen molar-refractivity contribution >= 4 is 17.7 Å². The SMILES string of the molecule is CC(=O)CCC(=O)OC(C)=O.OCCO. The molecule has 0 heterocycles. The Labute approximate surface area is 87.9 Å². The maximum atomic E-state index is 10.6. The minimum Gasteiger partial charge on any atom is -0.394 e. The van der Waals surface area contributed by atoms with E-state index in [2.05, 4.69) is 4.74 Å². The second-order valence-corrected chi connectivity index (χ2v) is 2.61. The number of ether oxygens (including phenoxy) is 1. The van der Waals surface area contributed by atoms with Gasteiger partial charge in [-0.05, 0) is 6.92 Å². The van der Waals surface area contributed by atoms with Gasteiger partial charge in [-0.3, -0.25) is 9.59 Å². The lowest BCUT2D eigenvalue weighted by Crippen LogP contribution is -2.09. The molecule has 0 atom stereocenters. The van der Waals surface area contributed by atoms with Crippen molar-refractivity contribution in [2.24, 2.45) is 0 Å². The Morgan fingerprint density at radius 2 is 1.47 bits per heavy atom. The van der Waals surface area contributed by atoms with E-state index in [1.54, 1.807) is 0 Å². The Balaban J connectivity index is 0. The minimum absolute atomic E-state index is 0.0189. The van der Waals surface area contributed by atoms with E-state index in [0.717, 1.165) is 6.92 Å². The molecule has 0 rings (SSSR count). The molecule has 0 aromatic rings. The molecule has 0 bridgehead atoms. The molecule has 0 aliphatic rings. The lowest BCUT2D eigenvalue weighted by Gasteiger charge is -1.96. The Morgan fingerprint density at radius 1 is 1.00 bits per heavy atom. The minimum atomic E-state index is -0.646. The first-order chi connectivity index (χ1) is 6.93. The third-order valence-electron chi connectivity index (χ3n) is 1.04. The van der Waals surface area contributed by atoms with Crippen molar-refractivity contribution in [2.75, 3.05) is 13.2 Å². The van der Waals surface area contributed by atoms with Gasteiger partial charge in [-0.1, -0.05) is 0 Å². The molecule has 0 aliphatic heterocycles. The van der Waals surface area contributed by atoms with Crippen LogP contribution in [0.2, 0.25) is 0 Å². The van der Waals surface area contributed by atoms with Crippen LogP contribution in [0, 0.1) is 0 Å². The number of hydrogen-bond acceptors (Lipinski definition) is 6. The van der Waals surface area contributed by atoms with Gasteiger partial charge in [0.25, 0.3) is 0 Å². The Kier molecular flexibility index (Phi) is 11.7. The predicted octanol–water partition coefficient (Wildman–Crippen LogP) is -0.584. The van der Waals surface area contributed by atoms with Crippen LogP contribution in [0.4, 0.5) is 0 Å². The van der Waals surface area contributed by atoms with Gasteiger partial charge in [0.1, 0.15) is 5.78 Å². The first-order valence-corrected chi connectivity index (χ1v) is 4.36. The summed E-state index contributed by atoms with van der Waals surface area (Å²) in [6.07, 6.45) is 0.112. The van der Waals surface area contributed by atoms with E-state index in [-0.39, 0.29) is 31.8 Å². The molecular weight excluding hydrogens is 204 g/mol. The van der Waals surface area contributed by atoms with Gasteiger partial charge in [0.05, 0.1) is 19.6 Å². The number of hydrogen-bond donors (Lipinski definition) is 2. The van der Waals surface area contributed by atoms with Gasteiger partial charge >= 0.3 is 11.9 Å². The molecule has 6 nitrogen and oxygen atoms in total. The van der Waals surface area contributed by atoms with Crippen LogP contribution in [-0.4, -0.2) is 41.1 Å². The highest BCUT2D eigenvalue weighted by atomic mass is 16.6. The lowest BCUT2D eigenvalue weighted by molar-refractivity contribution is -0.158. The van der Waals surface area contributed by atoms with Crippen LogP contribution in [0.15, 0.2) is 0 Å². The van der Waals surface area contributed by atoms with Crippen LogP contribution >= 0.6 is 0 Å². The fourth-order valence-electron chi connectivity index (χ4n) is 0.489. The molecule has 0 aromatic carbocycles. The van der Waals surface area contributed by atoms with Crippen molar-refractivity contribution in [3.63, 3.8) is 0 Å². The number of aliphatic hydroxyl groups is 2. The molecular formula is C9H16O6. The maximum Gasteiger partial charge on any atom is 0.313 e. The molecule has 0 saturated carbocycles. The van der Waals surface area contributed by atoms with E-state index in [1.807, 2.05) is 0 Å². The van der Waals surface area contributed by atoms with E-state index in [1.165, 1.54) is 6.92 Å². The molecule has 0 unspecified atom stereocenters. The van der Waals surface area contributed by atoms with Gasteiger partial charge in [0.15, 0.2) is 0 Å². The zero-order valence-electron chi connectivity index (χ0n) is 8.86. The van der Waals surface area contributed by atoms with Crippen LogP contribution in [0.5, 0.6) is 0 Å². The van der Waals surface area contributed by atoms with Crippen molar-refractivity contribution in [1.29, 1.82) is 0 Å². The Hall–Kier alpha value is -1.27. The number of aliphatic hydroxyl groups excluding tert-OH is 2. The van der Waals surface area contributed by atoms with Crippen molar-refractivity contribution < 1.29 is 29.3 Å². The van der Waals surface area contributed by atoms with Crippen LogP contribution in [-0.2, 0) is 19.1 Å². The van der Waals surface area contributed by atoms with Gasteiger partial charge < -0.3 is 19.7 Å². The second kappa shape index (κ2) is 10.8. The van der Waals surface area contributed by atoms with Gasteiger partial charge in [-0.25, -0.2) is 0 Å². The van der Waals surface area contributed by atoms with E-state index in [4.69, 9.17) is 10.2 Å². The molecule has 0 spiro atoms. The Morgan fingerprint density at radius 3 is 1.73 bits per heavy atom. The summed E-state index contributed by atoms with van der Waals surface area (Å²) in [5.74, 6) is -1.38. The fourth-order valence-corrected chi connectivity index (χ4v) is 0.489. The highest BCUT2D eigenvalue weighted by molar-refractivity contribution is 5.87. The molecule has 0 amide bonds. The van der Waals surface area contributed by atoms with Gasteiger partial charge in [0, 0.05) is 13.3 Å². The number of carbonyl (C=O) groups is 3. The normalized spacial score (nSPS) is 8.53. The smallest absolute Gasteiger partial charge is 0.313 e. The van der Waals surface area contributed by atoms with E-state index < -0.39 is 11.9 Å². The standard InChI is InChI=1S/C7H10O4.C2H6O2/c1-5(8)3-4-7(10)11-6(2)9;3-1-2-4/h3-4H2,1-2H3;3-4H,1-2H2. The van der Waals surface area contributed by atoms with Gasteiger partial charge in [0.2, 0.25) is 0 Å². The largest absolute Gasteiger partial charge is 0.394 e. The molecule has 6 heteroatoms. The monoisotopic (exact) mass is 220 g/mol. The Bertz CT molecular complexity index is 209. The third-order valence-corrected chi connectivity index (χ3v) is 1.04. The van der Waals surface area contributed by atoms with Gasteiger partial charge in [-0.15, -0.1) is 0 Å². The molecule has 2 N–H and O–H groups in total. The van der Waals surface area contributed by atoms with Crippen molar-refractivity contribution in [2.45, 2.75) is 26.7 Å². The van der Waals surface area contributed by atoms with Crippen molar-refractivity contribution in [3.05, 3.63) is 0 Å². The van der Waals surface area contributed by atoms with Crippen molar-refractivity contribution in [1.82, 2.24) is 0 Å². The van der Waals surface area contributed by atoms with Crippen LogP contribution in [0.25, 0.3) is 0 Å². The summed E-state index contributed by atoms with van der Waals surface area (Å²) in [6, 6.07) is 0. The van der Waals surface area contributed by atoms with Gasteiger partial charge in [-0.2, -0.15) is 0 Å². The predicted molar refractivity (Wildman–Crippen MR) is 50.9 cm³/mol. The second-order valence-electron chi connectivity index (χ2n) is 2.61. The highest BCUT2D eigenvalue weighted by Crippen LogP contribution is 1.93. The summed E-state index contributed by atoms with van der Waals surface area (Å²) < 4.78 is 4.17. The average molecular weight is 220 g/mol. The van der Waals surface area contributed by atoms with Crippen LogP contribution < -0.4 is 0 Å². The summed E-state index contributed by atoms with van der Waals surface area (Å²) in [4.78, 5) is 31.1. The number of esters is 2. The molecule has 15 heavy (non-hydrogen) atoms. The summed E-state index contributed by atoms with van der Waals surface area (Å²) in [7, 11) is 0. The quantitative estimate of drug-likeness (QED) is 0.485. The van der Waals surface area contributed by atoms with Crippen molar-refractivity contribution in [3.8, 4) is 0 Å². The summed E-state index contributed by atoms with van der Waals surface area (Å²) in [6.45, 7) is 2.27. The zero-order chi connectivity index (χ0) is 12.3. The molecule has 88 valence electrons. The lowest BCUT2D eigenvalue weighted by atomic mass is 10.2. The van der Waals surface area contributed by atoms with E-state index in [9.17, 15) is 14.4 Å². The fraction of sp³-hybridized carbons (Fsp3) is 0.667. The summed E-state index contributed by atoms with van der Waals surface area (Å²) in [5, 5.41) is 15.2. The third kappa shape index (κ3) is 19.2. The maximum absolute atomic E-state index is 10.6. The topological polar surface area (TPSA) is 101 Å². The van der Waals surface area contributed by atoms with E-state index in [0.29, 0.717) is 0 Å². The molecule has 0 aliphatic carbocycles. The molecule has 0 saturated heterocycles. The number of Topliss-reactive ketones (excluding diaryl/α,β-unsaturated/α-hetero) is 1. The highest BCUT2D eigenvalue weighted by Gasteiger charge is 2.06. The number of rotatable bonds is 4. The van der Waals surface area contributed by atoms with Crippen LogP contribution in [0.3, 0.4) is 0 Å². The van der Waals surface area contributed by atoms with E-state index >= 15 is 0 Å². The number of carbonyl (C=O) groups excluding carboxylic acids is 3. The first-order valence-electron chi connectivity index (χ1n) is 4.36. The average Bonchev–Trinajstić information content (AvgIpc) is 2.14. The molecule has 0 fully saturated rings. The number of ketones is 1. The summed E-state index contributed by atoms with van der Waals surface area (Å²) in [5.41, 5.74) is 0. The first kappa shape index (κ1) is 16.2. The summed E-state index contributed by atoms with van der Waals surface area (Å²) >= 11 is 0. The zero-order valence-corrected chi connectivity index (χ0v) is 8.86. The molecule has 0 aromatic heterocycles. The molecule has 0 radical (unpaired) electrons. The van der Waals surface area contributed by atoms with Crippen LogP contribution in [0.1, 0.15) is 26.7 Å².